The second kappa shape index (κ2) is 5.28. The first-order valence-electron chi connectivity index (χ1n) is 6.13. The van der Waals surface area contributed by atoms with E-state index >= 15 is 0 Å². The minimum atomic E-state index is -0.690. The minimum absolute atomic E-state index is 0.354. The third kappa shape index (κ3) is 3.74. The second-order valence-electron chi connectivity index (χ2n) is 5.44. The number of hydrogen-bond donors (Lipinski definition) is 2. The molecule has 0 spiro atoms. The van der Waals surface area contributed by atoms with Gasteiger partial charge in [-0.05, 0) is 38.6 Å². The van der Waals surface area contributed by atoms with E-state index in [1.165, 1.54) is 19.4 Å². The summed E-state index contributed by atoms with van der Waals surface area (Å²) in [5, 5.41) is 9.86. The van der Waals surface area contributed by atoms with Crippen LogP contribution in [0, 0.1) is 5.92 Å². The summed E-state index contributed by atoms with van der Waals surface area (Å²) in [6.45, 7) is 8.91. The normalized spacial score (nSPS) is 27.2. The minimum Gasteiger partial charge on any atom is -0.389 e. The standard InChI is InChI=1S/C12H26N2O/c1-10(2)11-5-4-7-14(11)8-6-12(3,15)9-13/h10-11,15H,4-9,13H2,1-3H3. The van der Waals surface area contributed by atoms with Crippen molar-refractivity contribution in [2.24, 2.45) is 11.7 Å². The fraction of sp³-hybridized carbons (Fsp3) is 1.00. The lowest BCUT2D eigenvalue weighted by molar-refractivity contribution is 0.0435. The Morgan fingerprint density at radius 2 is 2.20 bits per heavy atom. The Morgan fingerprint density at radius 1 is 1.53 bits per heavy atom. The quantitative estimate of drug-likeness (QED) is 0.723. The molecule has 1 saturated heterocycles. The molecular formula is C12H26N2O. The fourth-order valence-electron chi connectivity index (χ4n) is 2.37. The lowest BCUT2D eigenvalue weighted by Gasteiger charge is -2.30. The summed E-state index contributed by atoms with van der Waals surface area (Å²) >= 11 is 0. The Balaban J connectivity index is 2.38. The van der Waals surface area contributed by atoms with Gasteiger partial charge in [0, 0.05) is 19.1 Å². The van der Waals surface area contributed by atoms with Gasteiger partial charge in [-0.25, -0.2) is 0 Å². The molecule has 90 valence electrons. The highest BCUT2D eigenvalue weighted by molar-refractivity contribution is 4.84. The van der Waals surface area contributed by atoms with Crippen molar-refractivity contribution in [2.45, 2.75) is 51.7 Å². The Labute approximate surface area is 93.6 Å². The number of rotatable bonds is 5. The largest absolute Gasteiger partial charge is 0.389 e. The van der Waals surface area contributed by atoms with Crippen molar-refractivity contribution >= 4 is 0 Å². The molecule has 0 aliphatic carbocycles. The van der Waals surface area contributed by atoms with Crippen LogP contribution in [0.1, 0.15) is 40.0 Å². The van der Waals surface area contributed by atoms with Gasteiger partial charge >= 0.3 is 0 Å². The molecule has 0 aromatic rings. The van der Waals surface area contributed by atoms with Gasteiger partial charge in [-0.2, -0.15) is 0 Å². The van der Waals surface area contributed by atoms with Crippen LogP contribution in [0.2, 0.25) is 0 Å². The molecule has 0 aromatic heterocycles. The zero-order chi connectivity index (χ0) is 11.5. The van der Waals surface area contributed by atoms with Crippen LogP contribution >= 0.6 is 0 Å². The third-order valence-electron chi connectivity index (χ3n) is 3.56. The van der Waals surface area contributed by atoms with Crippen molar-refractivity contribution in [1.82, 2.24) is 4.90 Å². The van der Waals surface area contributed by atoms with Crippen LogP contribution in [0.15, 0.2) is 0 Å². The van der Waals surface area contributed by atoms with Crippen molar-refractivity contribution in [3.8, 4) is 0 Å². The summed E-state index contributed by atoms with van der Waals surface area (Å²) in [4.78, 5) is 2.51. The van der Waals surface area contributed by atoms with E-state index in [1.807, 2.05) is 6.92 Å². The molecule has 3 N–H and O–H groups in total. The first-order chi connectivity index (χ1) is 6.96. The van der Waals surface area contributed by atoms with Crippen LogP contribution in [0.25, 0.3) is 0 Å². The van der Waals surface area contributed by atoms with Gasteiger partial charge in [-0.3, -0.25) is 0 Å². The lowest BCUT2D eigenvalue weighted by atomic mass is 9.99. The van der Waals surface area contributed by atoms with E-state index in [9.17, 15) is 5.11 Å². The predicted molar refractivity (Wildman–Crippen MR) is 63.7 cm³/mol. The van der Waals surface area contributed by atoms with E-state index in [0.29, 0.717) is 12.6 Å². The Morgan fingerprint density at radius 3 is 2.73 bits per heavy atom. The molecule has 0 aromatic carbocycles. The van der Waals surface area contributed by atoms with E-state index < -0.39 is 5.60 Å². The van der Waals surface area contributed by atoms with Crippen molar-refractivity contribution in [3.05, 3.63) is 0 Å². The van der Waals surface area contributed by atoms with Crippen molar-refractivity contribution in [2.75, 3.05) is 19.6 Å². The molecule has 0 bridgehead atoms. The Bertz CT molecular complexity index is 192. The van der Waals surface area contributed by atoms with Crippen molar-refractivity contribution in [1.29, 1.82) is 0 Å². The van der Waals surface area contributed by atoms with Gasteiger partial charge in [0.2, 0.25) is 0 Å². The molecule has 1 rings (SSSR count). The van der Waals surface area contributed by atoms with Crippen molar-refractivity contribution < 1.29 is 5.11 Å². The maximum absolute atomic E-state index is 9.86. The topological polar surface area (TPSA) is 49.5 Å². The van der Waals surface area contributed by atoms with E-state index in [-0.39, 0.29) is 0 Å². The summed E-state index contributed by atoms with van der Waals surface area (Å²) in [6.07, 6.45) is 3.39. The maximum Gasteiger partial charge on any atom is 0.0753 e. The number of nitrogens with zero attached hydrogens (tertiary/aromatic N) is 1. The lowest BCUT2D eigenvalue weighted by Crippen LogP contribution is -2.41. The summed E-state index contributed by atoms with van der Waals surface area (Å²) in [7, 11) is 0. The second-order valence-corrected chi connectivity index (χ2v) is 5.44. The summed E-state index contributed by atoms with van der Waals surface area (Å²) in [6, 6.07) is 0.707. The van der Waals surface area contributed by atoms with E-state index in [1.54, 1.807) is 0 Å². The summed E-state index contributed by atoms with van der Waals surface area (Å²) in [5.74, 6) is 0.718. The number of hydrogen-bond acceptors (Lipinski definition) is 3. The van der Waals surface area contributed by atoms with Gasteiger partial charge in [0.25, 0.3) is 0 Å². The molecular weight excluding hydrogens is 188 g/mol. The molecule has 0 radical (unpaired) electrons. The molecule has 3 nitrogen and oxygen atoms in total. The zero-order valence-electron chi connectivity index (χ0n) is 10.4. The van der Waals surface area contributed by atoms with Crippen LogP contribution in [0.4, 0.5) is 0 Å². The van der Waals surface area contributed by atoms with Crippen LogP contribution in [0.5, 0.6) is 0 Å². The summed E-state index contributed by atoms with van der Waals surface area (Å²) in [5.41, 5.74) is 4.83. The first kappa shape index (κ1) is 12.9. The third-order valence-corrected chi connectivity index (χ3v) is 3.56. The highest BCUT2D eigenvalue weighted by atomic mass is 16.3. The highest BCUT2D eigenvalue weighted by Crippen LogP contribution is 2.24. The van der Waals surface area contributed by atoms with Gasteiger partial charge in [0.1, 0.15) is 0 Å². The van der Waals surface area contributed by atoms with E-state index in [4.69, 9.17) is 5.73 Å². The molecule has 1 aliphatic rings. The number of aliphatic hydroxyl groups is 1. The highest BCUT2D eigenvalue weighted by Gasteiger charge is 2.28. The Kier molecular flexibility index (Phi) is 4.56. The zero-order valence-corrected chi connectivity index (χ0v) is 10.4. The van der Waals surface area contributed by atoms with Gasteiger partial charge in [-0.1, -0.05) is 13.8 Å². The fourth-order valence-corrected chi connectivity index (χ4v) is 2.37. The van der Waals surface area contributed by atoms with Crippen LogP contribution in [-0.4, -0.2) is 41.3 Å². The van der Waals surface area contributed by atoms with Gasteiger partial charge in [-0.15, -0.1) is 0 Å². The molecule has 0 saturated carbocycles. The number of likely N-dealkylation sites (tertiary alicyclic amines) is 1. The first-order valence-corrected chi connectivity index (χ1v) is 6.13. The van der Waals surface area contributed by atoms with Crippen LogP contribution in [0.3, 0.4) is 0 Å². The SMILES string of the molecule is CC(C)C1CCCN1CCC(C)(O)CN. The van der Waals surface area contributed by atoms with E-state index in [2.05, 4.69) is 18.7 Å². The monoisotopic (exact) mass is 214 g/mol. The number of nitrogens with two attached hydrogens (primary N) is 1. The van der Waals surface area contributed by atoms with Gasteiger partial charge in [0.15, 0.2) is 0 Å². The Hall–Kier alpha value is -0.120. The smallest absolute Gasteiger partial charge is 0.0753 e. The van der Waals surface area contributed by atoms with E-state index in [0.717, 1.165) is 18.9 Å². The maximum atomic E-state index is 9.86. The molecule has 3 heteroatoms. The molecule has 2 unspecified atom stereocenters. The van der Waals surface area contributed by atoms with Crippen molar-refractivity contribution in [3.63, 3.8) is 0 Å². The van der Waals surface area contributed by atoms with Gasteiger partial charge < -0.3 is 15.7 Å². The predicted octanol–water partition coefficient (Wildman–Crippen LogP) is 1.21. The van der Waals surface area contributed by atoms with Crippen LogP contribution in [-0.2, 0) is 0 Å². The van der Waals surface area contributed by atoms with Crippen LogP contribution < -0.4 is 5.73 Å². The molecule has 1 fully saturated rings. The molecule has 15 heavy (non-hydrogen) atoms. The summed E-state index contributed by atoms with van der Waals surface area (Å²) < 4.78 is 0. The molecule has 1 aliphatic heterocycles. The average Bonchev–Trinajstić information content (AvgIpc) is 2.63. The molecule has 2 atom stereocenters. The molecule has 1 heterocycles. The van der Waals surface area contributed by atoms with Gasteiger partial charge in [0.05, 0.1) is 5.60 Å². The molecule has 0 amide bonds. The average molecular weight is 214 g/mol.